The molecular weight excluding hydrogens is 478 g/mol. The molecule has 0 radical (unpaired) electrons. The predicted molar refractivity (Wildman–Crippen MR) is 123 cm³/mol. The number of nitro benzene ring substituents is 1. The minimum atomic E-state index is -1.09. The average Bonchev–Trinajstić information content (AvgIpc) is 3.12. The van der Waals surface area contributed by atoms with Crippen molar-refractivity contribution in [2.75, 3.05) is 13.7 Å². The molecule has 3 aromatic rings. The van der Waals surface area contributed by atoms with E-state index in [4.69, 9.17) is 16.3 Å². The van der Waals surface area contributed by atoms with Gasteiger partial charge in [0.05, 0.1) is 17.6 Å². The number of hydrogen-bond donors (Lipinski definition) is 0. The number of halogens is 1. The lowest BCUT2D eigenvalue weighted by molar-refractivity contribution is -0.385. The van der Waals surface area contributed by atoms with Gasteiger partial charge in [-0.2, -0.15) is 5.01 Å². The lowest BCUT2D eigenvalue weighted by atomic mass is 10.1. The molecule has 35 heavy (non-hydrogen) atoms. The van der Waals surface area contributed by atoms with E-state index in [2.05, 4.69) is 0 Å². The Hall–Kier alpha value is -4.57. The molecule has 0 atom stereocenters. The van der Waals surface area contributed by atoms with Crippen molar-refractivity contribution in [3.05, 3.63) is 104 Å². The molecule has 0 unspecified atom stereocenters. The van der Waals surface area contributed by atoms with E-state index in [0.717, 1.165) is 6.07 Å². The van der Waals surface area contributed by atoms with Gasteiger partial charge in [0.1, 0.15) is 17.9 Å². The topological polar surface area (TPSA) is 127 Å². The number of benzene rings is 3. The fourth-order valence-corrected chi connectivity index (χ4v) is 3.75. The first-order valence-corrected chi connectivity index (χ1v) is 10.5. The van der Waals surface area contributed by atoms with Crippen molar-refractivity contribution in [1.29, 1.82) is 0 Å². The summed E-state index contributed by atoms with van der Waals surface area (Å²) < 4.78 is 5.12. The number of imide groups is 1. The van der Waals surface area contributed by atoms with Crippen molar-refractivity contribution < 1.29 is 28.8 Å². The summed E-state index contributed by atoms with van der Waals surface area (Å²) in [6.45, 7) is -0.701. The molecule has 4 rings (SSSR count). The van der Waals surface area contributed by atoms with Gasteiger partial charge < -0.3 is 4.74 Å². The standard InChI is InChI=1S/C24H16ClN3O7/c1-35-17-5-2-4-15(12-17)20(29)13-26(22(30)14-8-10-16(25)11-9-14)27-23(31)18-6-3-7-19(28(33)34)21(18)24(27)32/h2-12H,13H2,1H3. The van der Waals surface area contributed by atoms with Crippen molar-refractivity contribution in [1.82, 2.24) is 10.0 Å². The van der Waals surface area contributed by atoms with Gasteiger partial charge >= 0.3 is 0 Å². The Morgan fingerprint density at radius 2 is 1.69 bits per heavy atom. The zero-order valence-corrected chi connectivity index (χ0v) is 18.9. The van der Waals surface area contributed by atoms with Gasteiger partial charge in [-0.15, -0.1) is 0 Å². The number of ketones is 1. The number of ether oxygens (including phenoxy) is 1. The van der Waals surface area contributed by atoms with Crippen LogP contribution in [-0.2, 0) is 0 Å². The Bertz CT molecular complexity index is 1390. The van der Waals surface area contributed by atoms with E-state index < -0.39 is 46.2 Å². The number of hydrazine groups is 1. The van der Waals surface area contributed by atoms with Crippen molar-refractivity contribution in [3.63, 3.8) is 0 Å². The van der Waals surface area contributed by atoms with Gasteiger partial charge in [0, 0.05) is 22.2 Å². The minimum Gasteiger partial charge on any atom is -0.497 e. The molecule has 11 heteroatoms. The molecule has 0 saturated carbocycles. The summed E-state index contributed by atoms with van der Waals surface area (Å²) >= 11 is 5.90. The quantitative estimate of drug-likeness (QED) is 0.212. The monoisotopic (exact) mass is 493 g/mol. The molecule has 0 bridgehead atoms. The molecule has 3 aromatic carbocycles. The number of rotatable bonds is 7. The number of methoxy groups -OCH3 is 1. The van der Waals surface area contributed by atoms with E-state index in [0.29, 0.717) is 20.8 Å². The van der Waals surface area contributed by atoms with Crippen molar-refractivity contribution in [2.45, 2.75) is 0 Å². The maximum Gasteiger partial charge on any atom is 0.287 e. The normalized spacial score (nSPS) is 12.3. The van der Waals surface area contributed by atoms with Gasteiger partial charge in [0.15, 0.2) is 5.78 Å². The fraction of sp³-hybridized carbons (Fsp3) is 0.0833. The third-order valence-corrected chi connectivity index (χ3v) is 5.57. The van der Waals surface area contributed by atoms with E-state index in [1.54, 1.807) is 12.1 Å². The lowest BCUT2D eigenvalue weighted by Gasteiger charge is -2.29. The van der Waals surface area contributed by atoms with Crippen LogP contribution in [0.3, 0.4) is 0 Å². The summed E-state index contributed by atoms with van der Waals surface area (Å²) in [7, 11) is 1.42. The first-order chi connectivity index (χ1) is 16.7. The van der Waals surface area contributed by atoms with Crippen LogP contribution in [0, 0.1) is 10.1 Å². The minimum absolute atomic E-state index is 0.0406. The molecule has 0 saturated heterocycles. The van der Waals surface area contributed by atoms with E-state index >= 15 is 0 Å². The molecule has 10 nitrogen and oxygen atoms in total. The second-order valence-corrected chi connectivity index (χ2v) is 7.84. The average molecular weight is 494 g/mol. The van der Waals surface area contributed by atoms with Gasteiger partial charge in [0.25, 0.3) is 23.4 Å². The number of nitrogens with zero attached hydrogens (tertiary/aromatic N) is 3. The first kappa shape index (κ1) is 23.6. The van der Waals surface area contributed by atoms with Crippen LogP contribution in [0.15, 0.2) is 66.7 Å². The highest BCUT2D eigenvalue weighted by Gasteiger charge is 2.46. The number of amides is 3. The number of carbonyl (C=O) groups is 4. The first-order valence-electron chi connectivity index (χ1n) is 10.1. The Balaban J connectivity index is 1.77. The van der Waals surface area contributed by atoms with Gasteiger partial charge in [-0.25, -0.2) is 5.01 Å². The van der Waals surface area contributed by atoms with Crippen molar-refractivity contribution in [2.24, 2.45) is 0 Å². The van der Waals surface area contributed by atoms with Gasteiger partial charge in [0.2, 0.25) is 0 Å². The van der Waals surface area contributed by atoms with Crippen LogP contribution >= 0.6 is 11.6 Å². The second kappa shape index (κ2) is 9.35. The zero-order valence-electron chi connectivity index (χ0n) is 18.1. The second-order valence-electron chi connectivity index (χ2n) is 7.40. The molecule has 0 spiro atoms. The Kier molecular flexibility index (Phi) is 6.30. The van der Waals surface area contributed by atoms with Crippen LogP contribution < -0.4 is 4.74 Å². The smallest absolute Gasteiger partial charge is 0.287 e. The number of fused-ring (bicyclic) bond motifs is 1. The fourth-order valence-electron chi connectivity index (χ4n) is 3.63. The van der Waals surface area contributed by atoms with Crippen LogP contribution in [0.4, 0.5) is 5.69 Å². The number of carbonyl (C=O) groups excluding carboxylic acids is 4. The van der Waals surface area contributed by atoms with E-state index in [9.17, 15) is 29.3 Å². The molecule has 3 amide bonds. The summed E-state index contributed by atoms with van der Waals surface area (Å²) in [5.74, 6) is -3.11. The zero-order chi connectivity index (χ0) is 25.3. The maximum absolute atomic E-state index is 13.4. The summed E-state index contributed by atoms with van der Waals surface area (Å²) in [5.41, 5.74) is -1.07. The number of Topliss-reactive ketones (excluding diaryl/α,β-unsaturated/α-hetero) is 1. The lowest BCUT2D eigenvalue weighted by Crippen LogP contribution is -2.51. The SMILES string of the molecule is COc1cccc(C(=O)CN(C(=O)c2ccc(Cl)cc2)N2C(=O)c3cccc([N+](=O)[O-])c3C2=O)c1. The summed E-state index contributed by atoms with van der Waals surface area (Å²) in [6, 6.07) is 15.3. The molecule has 0 fully saturated rings. The van der Waals surface area contributed by atoms with Crippen LogP contribution in [0.25, 0.3) is 0 Å². The van der Waals surface area contributed by atoms with Crippen molar-refractivity contribution in [3.8, 4) is 5.75 Å². The molecule has 1 aliphatic rings. The largest absolute Gasteiger partial charge is 0.497 e. The summed E-state index contributed by atoms with van der Waals surface area (Å²) in [5, 5.41) is 13.0. The van der Waals surface area contributed by atoms with E-state index in [1.165, 1.54) is 55.6 Å². The van der Waals surface area contributed by atoms with Crippen LogP contribution in [0.5, 0.6) is 5.75 Å². The Morgan fingerprint density at radius 3 is 2.34 bits per heavy atom. The third kappa shape index (κ3) is 4.34. The Labute approximate surface area is 203 Å². The molecule has 1 heterocycles. The van der Waals surface area contributed by atoms with Gasteiger partial charge in [-0.1, -0.05) is 29.8 Å². The van der Waals surface area contributed by atoms with Gasteiger partial charge in [-0.3, -0.25) is 29.3 Å². The van der Waals surface area contributed by atoms with Gasteiger partial charge in [-0.05, 0) is 42.5 Å². The molecule has 0 aromatic heterocycles. The number of nitro groups is 1. The highest BCUT2D eigenvalue weighted by Crippen LogP contribution is 2.32. The maximum atomic E-state index is 13.4. The molecular formula is C24H16ClN3O7. The van der Waals surface area contributed by atoms with E-state index in [1.807, 2.05) is 0 Å². The summed E-state index contributed by atoms with van der Waals surface area (Å²) in [4.78, 5) is 63.6. The predicted octanol–water partition coefficient (Wildman–Crippen LogP) is 3.79. The van der Waals surface area contributed by atoms with E-state index in [-0.39, 0.29) is 16.7 Å². The third-order valence-electron chi connectivity index (χ3n) is 5.32. The summed E-state index contributed by atoms with van der Waals surface area (Å²) in [6.07, 6.45) is 0. The Morgan fingerprint density at radius 1 is 1.00 bits per heavy atom. The molecule has 0 aliphatic carbocycles. The molecule has 0 N–H and O–H groups in total. The molecule has 1 aliphatic heterocycles. The van der Waals surface area contributed by atoms with Crippen LogP contribution in [-0.4, -0.2) is 52.1 Å². The highest BCUT2D eigenvalue weighted by molar-refractivity contribution is 6.30. The van der Waals surface area contributed by atoms with Crippen LogP contribution in [0.1, 0.15) is 41.4 Å². The molecule has 176 valence electrons. The van der Waals surface area contributed by atoms with Crippen molar-refractivity contribution >= 4 is 40.8 Å². The highest BCUT2D eigenvalue weighted by atomic mass is 35.5. The number of hydrogen-bond acceptors (Lipinski definition) is 7. The van der Waals surface area contributed by atoms with Crippen LogP contribution in [0.2, 0.25) is 5.02 Å².